The zero-order valence-electron chi connectivity index (χ0n) is 8.08. The van der Waals surface area contributed by atoms with Gasteiger partial charge in [0.1, 0.15) is 0 Å². The summed E-state index contributed by atoms with van der Waals surface area (Å²) in [6.45, 7) is 2.99. The molecule has 0 radical (unpaired) electrons. The number of methoxy groups -OCH3 is 1. The summed E-state index contributed by atoms with van der Waals surface area (Å²) in [6.07, 6.45) is 1.41. The van der Waals surface area contributed by atoms with E-state index < -0.39 is 0 Å². The first-order valence-electron chi connectivity index (χ1n) is 4.45. The molecule has 3 nitrogen and oxygen atoms in total. The van der Waals surface area contributed by atoms with Crippen LogP contribution in [0, 0.1) is 5.92 Å². The molecule has 0 spiro atoms. The third-order valence-corrected chi connectivity index (χ3v) is 2.93. The maximum atomic E-state index is 10.9. The molecule has 0 bridgehead atoms. The van der Waals surface area contributed by atoms with Crippen LogP contribution in [-0.2, 0) is 9.53 Å². The van der Waals surface area contributed by atoms with Gasteiger partial charge in [-0.3, -0.25) is 9.79 Å². The van der Waals surface area contributed by atoms with Crippen LogP contribution < -0.4 is 0 Å². The molecule has 1 heterocycles. The average Bonchev–Trinajstić information content (AvgIpc) is 2.56. The summed E-state index contributed by atoms with van der Waals surface area (Å²) in [4.78, 5) is 15.3. The molecule has 0 N–H and O–H groups in total. The monoisotopic (exact) mass is 201 g/mol. The van der Waals surface area contributed by atoms with Gasteiger partial charge in [-0.1, -0.05) is 6.92 Å². The van der Waals surface area contributed by atoms with E-state index >= 15 is 0 Å². The van der Waals surface area contributed by atoms with Gasteiger partial charge in [0.15, 0.2) is 0 Å². The van der Waals surface area contributed by atoms with Gasteiger partial charge in [-0.2, -0.15) is 0 Å². The van der Waals surface area contributed by atoms with Crippen LogP contribution in [0.4, 0.5) is 0 Å². The van der Waals surface area contributed by atoms with Crippen molar-refractivity contribution in [1.82, 2.24) is 0 Å². The minimum Gasteiger partial charge on any atom is -0.469 e. The van der Waals surface area contributed by atoms with Crippen LogP contribution in [-0.4, -0.2) is 30.4 Å². The Balaban J connectivity index is 2.24. The molecular formula is C9H15NO2S. The standard InChI is InChI=1S/C9H15NO2S/c1-7(6-9(11)12-2)5-8-10-3-4-13-8/h7H,3-6H2,1-2H3. The zero-order valence-corrected chi connectivity index (χ0v) is 8.89. The van der Waals surface area contributed by atoms with Gasteiger partial charge in [0, 0.05) is 18.7 Å². The fourth-order valence-corrected chi connectivity index (χ4v) is 2.24. The van der Waals surface area contributed by atoms with E-state index in [1.165, 1.54) is 12.2 Å². The van der Waals surface area contributed by atoms with Crippen LogP contribution in [0.25, 0.3) is 0 Å². The zero-order chi connectivity index (χ0) is 9.68. The molecule has 1 atom stereocenters. The highest BCUT2D eigenvalue weighted by molar-refractivity contribution is 8.14. The lowest BCUT2D eigenvalue weighted by Gasteiger charge is -2.08. The quantitative estimate of drug-likeness (QED) is 0.650. The Kier molecular flexibility index (Phi) is 4.28. The average molecular weight is 201 g/mol. The van der Waals surface area contributed by atoms with Crippen LogP contribution in [0.2, 0.25) is 0 Å². The van der Waals surface area contributed by atoms with E-state index in [9.17, 15) is 4.79 Å². The molecule has 0 fully saturated rings. The molecule has 1 aliphatic heterocycles. The van der Waals surface area contributed by atoms with Crippen LogP contribution in [0.5, 0.6) is 0 Å². The molecule has 0 aromatic heterocycles. The van der Waals surface area contributed by atoms with Crippen molar-refractivity contribution in [1.29, 1.82) is 0 Å². The van der Waals surface area contributed by atoms with Gasteiger partial charge in [-0.05, 0) is 12.3 Å². The number of carbonyl (C=O) groups excluding carboxylic acids is 1. The Labute approximate surface area is 82.9 Å². The van der Waals surface area contributed by atoms with E-state index in [0.29, 0.717) is 12.3 Å². The number of rotatable bonds is 4. The van der Waals surface area contributed by atoms with Gasteiger partial charge >= 0.3 is 5.97 Å². The summed E-state index contributed by atoms with van der Waals surface area (Å²) in [7, 11) is 1.43. The maximum Gasteiger partial charge on any atom is 0.305 e. The SMILES string of the molecule is COC(=O)CC(C)CC1=NCCS1. The smallest absolute Gasteiger partial charge is 0.305 e. The van der Waals surface area contributed by atoms with Gasteiger partial charge in [0.25, 0.3) is 0 Å². The summed E-state index contributed by atoms with van der Waals surface area (Å²) in [6, 6.07) is 0. The van der Waals surface area contributed by atoms with Gasteiger partial charge in [0.2, 0.25) is 0 Å². The Morgan fingerprint density at radius 1 is 1.77 bits per heavy atom. The van der Waals surface area contributed by atoms with E-state index in [2.05, 4.69) is 16.7 Å². The number of ether oxygens (including phenoxy) is 1. The topological polar surface area (TPSA) is 38.7 Å². The second-order valence-electron chi connectivity index (χ2n) is 3.21. The van der Waals surface area contributed by atoms with Gasteiger partial charge < -0.3 is 4.74 Å². The van der Waals surface area contributed by atoms with Crippen LogP contribution in [0.15, 0.2) is 4.99 Å². The first-order chi connectivity index (χ1) is 6.22. The molecule has 0 amide bonds. The van der Waals surface area contributed by atoms with E-state index in [4.69, 9.17) is 0 Å². The van der Waals surface area contributed by atoms with Crippen LogP contribution in [0.3, 0.4) is 0 Å². The summed E-state index contributed by atoms with van der Waals surface area (Å²) in [5, 5.41) is 1.19. The summed E-state index contributed by atoms with van der Waals surface area (Å²) >= 11 is 1.80. The maximum absolute atomic E-state index is 10.9. The summed E-state index contributed by atoms with van der Waals surface area (Å²) < 4.78 is 4.60. The molecule has 1 aliphatic rings. The fraction of sp³-hybridized carbons (Fsp3) is 0.778. The largest absolute Gasteiger partial charge is 0.469 e. The molecule has 13 heavy (non-hydrogen) atoms. The van der Waals surface area contributed by atoms with Gasteiger partial charge in [-0.25, -0.2) is 0 Å². The second-order valence-corrected chi connectivity index (χ2v) is 4.38. The van der Waals surface area contributed by atoms with Crippen LogP contribution >= 0.6 is 11.8 Å². The van der Waals surface area contributed by atoms with Crippen molar-refractivity contribution >= 4 is 22.8 Å². The number of esters is 1. The van der Waals surface area contributed by atoms with E-state index in [1.54, 1.807) is 11.8 Å². The van der Waals surface area contributed by atoms with Crippen molar-refractivity contribution in [3.05, 3.63) is 0 Å². The minimum atomic E-state index is -0.129. The lowest BCUT2D eigenvalue weighted by Crippen LogP contribution is -2.09. The lowest BCUT2D eigenvalue weighted by molar-refractivity contribution is -0.141. The van der Waals surface area contributed by atoms with Gasteiger partial charge in [0.05, 0.1) is 12.2 Å². The van der Waals surface area contributed by atoms with Crippen molar-refractivity contribution < 1.29 is 9.53 Å². The lowest BCUT2D eigenvalue weighted by atomic mass is 10.1. The highest BCUT2D eigenvalue weighted by Crippen LogP contribution is 2.20. The fourth-order valence-electron chi connectivity index (χ4n) is 1.24. The highest BCUT2D eigenvalue weighted by atomic mass is 32.2. The number of hydrogen-bond donors (Lipinski definition) is 0. The number of thioether (sulfide) groups is 1. The van der Waals surface area contributed by atoms with Crippen molar-refractivity contribution in [2.24, 2.45) is 10.9 Å². The third-order valence-electron chi connectivity index (χ3n) is 1.91. The highest BCUT2D eigenvalue weighted by Gasteiger charge is 2.14. The van der Waals surface area contributed by atoms with Crippen molar-refractivity contribution in [3.8, 4) is 0 Å². The molecular weight excluding hydrogens is 186 g/mol. The number of nitrogens with zero attached hydrogens (tertiary/aromatic N) is 1. The first kappa shape index (κ1) is 10.6. The Morgan fingerprint density at radius 2 is 2.54 bits per heavy atom. The molecule has 0 aliphatic carbocycles. The van der Waals surface area contributed by atoms with E-state index in [1.807, 2.05) is 0 Å². The van der Waals surface area contributed by atoms with Crippen molar-refractivity contribution in [2.45, 2.75) is 19.8 Å². The molecule has 0 aromatic rings. The molecule has 1 rings (SSSR count). The van der Waals surface area contributed by atoms with Gasteiger partial charge in [-0.15, -0.1) is 11.8 Å². The molecule has 0 aromatic carbocycles. The number of aliphatic imine (C=N–C) groups is 1. The third kappa shape index (κ3) is 3.81. The molecule has 0 saturated heterocycles. The van der Waals surface area contributed by atoms with Crippen molar-refractivity contribution in [2.75, 3.05) is 19.4 Å². The number of hydrogen-bond acceptors (Lipinski definition) is 4. The number of carbonyl (C=O) groups is 1. The summed E-state index contributed by atoms with van der Waals surface area (Å²) in [5.74, 6) is 1.31. The Morgan fingerprint density at radius 3 is 3.08 bits per heavy atom. The normalized spacial score (nSPS) is 18.2. The predicted octanol–water partition coefficient (Wildman–Crippen LogP) is 1.72. The van der Waals surface area contributed by atoms with E-state index in [0.717, 1.165) is 18.7 Å². The molecule has 74 valence electrons. The second kappa shape index (κ2) is 5.27. The predicted molar refractivity (Wildman–Crippen MR) is 55.2 cm³/mol. The van der Waals surface area contributed by atoms with Crippen molar-refractivity contribution in [3.63, 3.8) is 0 Å². The molecule has 4 heteroatoms. The summed E-state index contributed by atoms with van der Waals surface area (Å²) in [5.41, 5.74) is 0. The Bertz CT molecular complexity index is 216. The first-order valence-corrected chi connectivity index (χ1v) is 5.44. The molecule has 0 saturated carbocycles. The Hall–Kier alpha value is -0.510. The van der Waals surface area contributed by atoms with Crippen LogP contribution in [0.1, 0.15) is 19.8 Å². The minimum absolute atomic E-state index is 0.129. The van der Waals surface area contributed by atoms with E-state index in [-0.39, 0.29) is 5.97 Å². The molecule has 1 unspecified atom stereocenters.